The molecule has 0 saturated heterocycles. The summed E-state index contributed by atoms with van der Waals surface area (Å²) in [6.07, 6.45) is 1.42. The first kappa shape index (κ1) is 16.7. The maximum Gasteiger partial charge on any atom is 0.266 e. The third-order valence-electron chi connectivity index (χ3n) is 2.96. The lowest BCUT2D eigenvalue weighted by atomic mass is 10.1. The van der Waals surface area contributed by atoms with Gasteiger partial charge in [-0.1, -0.05) is 12.1 Å². The van der Waals surface area contributed by atoms with Crippen molar-refractivity contribution in [3.8, 4) is 17.9 Å². The number of amides is 1. The number of halogens is 1. The number of hydrogen-bond donors (Lipinski definition) is 1. The Morgan fingerprint density at radius 2 is 1.79 bits per heavy atom. The Balaban J connectivity index is 2.10. The number of anilines is 1. The molecule has 0 aliphatic carbocycles. The normalized spacial score (nSPS) is 10.4. The summed E-state index contributed by atoms with van der Waals surface area (Å²) >= 11 is 0. The highest BCUT2D eigenvalue weighted by Crippen LogP contribution is 2.16. The summed E-state index contributed by atoms with van der Waals surface area (Å²) in [6, 6.07) is 15.5. The Morgan fingerprint density at radius 1 is 1.12 bits per heavy atom. The van der Waals surface area contributed by atoms with Crippen molar-refractivity contribution >= 4 is 17.7 Å². The first-order chi connectivity index (χ1) is 11.6. The Hall–Kier alpha value is -3.64. The largest absolute Gasteiger partial charge is 0.479 e. The maximum atomic E-state index is 12.8. The van der Waals surface area contributed by atoms with Crippen LogP contribution in [0.15, 0.2) is 54.1 Å². The van der Waals surface area contributed by atoms with Crippen LogP contribution in [0, 0.1) is 28.5 Å². The molecule has 5 nitrogen and oxygen atoms in total. The van der Waals surface area contributed by atoms with Gasteiger partial charge in [0.25, 0.3) is 5.91 Å². The molecule has 1 N–H and O–H groups in total. The van der Waals surface area contributed by atoms with Gasteiger partial charge in [-0.2, -0.15) is 10.5 Å². The Bertz CT molecular complexity index is 829. The van der Waals surface area contributed by atoms with E-state index in [1.54, 1.807) is 24.3 Å². The molecule has 0 aromatic heterocycles. The highest BCUT2D eigenvalue weighted by molar-refractivity contribution is 6.09. The van der Waals surface area contributed by atoms with Crippen LogP contribution in [-0.2, 0) is 4.79 Å². The van der Waals surface area contributed by atoms with Crippen molar-refractivity contribution in [3.63, 3.8) is 0 Å². The minimum atomic E-state index is -0.589. The van der Waals surface area contributed by atoms with Gasteiger partial charge < -0.3 is 10.1 Å². The fourth-order valence-corrected chi connectivity index (χ4v) is 1.82. The summed E-state index contributed by atoms with van der Waals surface area (Å²) in [6.45, 7) is -0.0568. The van der Waals surface area contributed by atoms with E-state index in [-0.39, 0.29) is 12.2 Å². The van der Waals surface area contributed by atoms with Gasteiger partial charge in [0, 0.05) is 5.69 Å². The van der Waals surface area contributed by atoms with E-state index >= 15 is 0 Å². The molecular weight excluding hydrogens is 309 g/mol. The number of ether oxygens (including phenoxy) is 1. The number of hydrogen-bond acceptors (Lipinski definition) is 4. The van der Waals surface area contributed by atoms with Crippen LogP contribution in [0.4, 0.5) is 10.1 Å². The Morgan fingerprint density at radius 3 is 2.38 bits per heavy atom. The molecule has 2 aromatic rings. The van der Waals surface area contributed by atoms with Gasteiger partial charge in [-0.05, 0) is 48.0 Å². The molecule has 0 heterocycles. The van der Waals surface area contributed by atoms with E-state index in [0.717, 1.165) is 0 Å². The summed E-state index contributed by atoms with van der Waals surface area (Å²) in [4.78, 5) is 12.1. The zero-order chi connectivity index (χ0) is 17.4. The molecular formula is C18H12FN3O2. The molecule has 24 heavy (non-hydrogen) atoms. The Kier molecular flexibility index (Phi) is 5.65. The molecule has 0 fully saturated rings. The second-order valence-corrected chi connectivity index (χ2v) is 4.65. The fraction of sp³-hybridized carbons (Fsp3) is 0.0556. The van der Waals surface area contributed by atoms with Gasteiger partial charge >= 0.3 is 0 Å². The number of nitriles is 2. The van der Waals surface area contributed by atoms with Crippen molar-refractivity contribution in [1.82, 2.24) is 0 Å². The van der Waals surface area contributed by atoms with E-state index in [1.165, 1.54) is 30.3 Å². The van der Waals surface area contributed by atoms with E-state index < -0.39 is 11.7 Å². The third-order valence-corrected chi connectivity index (χ3v) is 2.96. The second-order valence-electron chi connectivity index (χ2n) is 4.65. The van der Waals surface area contributed by atoms with E-state index in [9.17, 15) is 9.18 Å². The van der Waals surface area contributed by atoms with Crippen molar-refractivity contribution in [2.75, 3.05) is 11.9 Å². The van der Waals surface area contributed by atoms with Crippen LogP contribution in [0.25, 0.3) is 6.08 Å². The highest BCUT2D eigenvalue weighted by Gasteiger charge is 2.09. The number of carbonyl (C=O) groups excluding carboxylic acids is 1. The first-order valence-electron chi connectivity index (χ1n) is 6.91. The average Bonchev–Trinajstić information content (AvgIpc) is 2.60. The van der Waals surface area contributed by atoms with Crippen LogP contribution in [0.2, 0.25) is 0 Å². The number of nitrogens with zero attached hydrogens (tertiary/aromatic N) is 2. The van der Waals surface area contributed by atoms with Crippen molar-refractivity contribution in [2.45, 2.75) is 0 Å². The van der Waals surface area contributed by atoms with Crippen LogP contribution >= 0.6 is 0 Å². The molecule has 0 atom stereocenters. The molecule has 118 valence electrons. The first-order valence-corrected chi connectivity index (χ1v) is 6.91. The van der Waals surface area contributed by atoms with Crippen molar-refractivity contribution in [1.29, 1.82) is 10.5 Å². The molecule has 0 radical (unpaired) electrons. The van der Waals surface area contributed by atoms with Gasteiger partial charge in [0.05, 0.1) is 0 Å². The molecule has 0 spiro atoms. The van der Waals surface area contributed by atoms with Crippen molar-refractivity contribution in [3.05, 3.63) is 65.5 Å². The van der Waals surface area contributed by atoms with Crippen molar-refractivity contribution < 1.29 is 13.9 Å². The lowest BCUT2D eigenvalue weighted by Gasteiger charge is -2.05. The standard InChI is InChI=1S/C18H12FN3O2/c19-15-3-5-16(6-4-15)22-18(23)14(12-21)11-13-1-7-17(8-2-13)24-10-9-20/h1-8,11H,10H2,(H,22,23)/b14-11-. The quantitative estimate of drug-likeness (QED) is 0.676. The minimum absolute atomic E-state index is 0.0568. The van der Waals surface area contributed by atoms with Gasteiger partial charge in [0.2, 0.25) is 0 Å². The van der Waals surface area contributed by atoms with Crippen LogP contribution < -0.4 is 10.1 Å². The summed E-state index contributed by atoms with van der Waals surface area (Å²) in [5.74, 6) is -0.486. The number of carbonyl (C=O) groups is 1. The van der Waals surface area contributed by atoms with Crippen LogP contribution in [0.5, 0.6) is 5.75 Å². The zero-order valence-electron chi connectivity index (χ0n) is 12.5. The zero-order valence-corrected chi connectivity index (χ0v) is 12.5. The monoisotopic (exact) mass is 321 g/mol. The van der Waals surface area contributed by atoms with Gasteiger partial charge in [0.1, 0.15) is 29.3 Å². The molecule has 0 bridgehead atoms. The maximum absolute atomic E-state index is 12.8. The number of rotatable bonds is 5. The number of nitrogens with one attached hydrogen (secondary N) is 1. The highest BCUT2D eigenvalue weighted by atomic mass is 19.1. The summed E-state index contributed by atoms with van der Waals surface area (Å²) in [5, 5.41) is 20.1. The Labute approximate surface area is 138 Å². The predicted molar refractivity (Wildman–Crippen MR) is 86.2 cm³/mol. The smallest absolute Gasteiger partial charge is 0.266 e. The van der Waals surface area contributed by atoms with E-state index in [0.29, 0.717) is 17.0 Å². The SMILES string of the molecule is N#CCOc1ccc(/C=C(/C#N)C(=O)Nc2ccc(F)cc2)cc1. The topological polar surface area (TPSA) is 85.9 Å². The van der Waals surface area contributed by atoms with Gasteiger partial charge in [0.15, 0.2) is 6.61 Å². The number of benzene rings is 2. The van der Waals surface area contributed by atoms with E-state index in [2.05, 4.69) is 5.32 Å². The minimum Gasteiger partial charge on any atom is -0.479 e. The third kappa shape index (κ3) is 4.69. The molecule has 0 saturated carbocycles. The molecule has 0 aliphatic rings. The van der Waals surface area contributed by atoms with E-state index in [4.69, 9.17) is 15.3 Å². The van der Waals surface area contributed by atoms with Crippen LogP contribution in [0.3, 0.4) is 0 Å². The van der Waals surface area contributed by atoms with Gasteiger partial charge in [-0.25, -0.2) is 4.39 Å². The lowest BCUT2D eigenvalue weighted by Crippen LogP contribution is -2.13. The van der Waals surface area contributed by atoms with Gasteiger partial charge in [-0.15, -0.1) is 0 Å². The summed E-state index contributed by atoms with van der Waals surface area (Å²) in [5.41, 5.74) is 0.929. The second kappa shape index (κ2) is 8.11. The fourth-order valence-electron chi connectivity index (χ4n) is 1.82. The molecule has 2 rings (SSSR count). The molecule has 6 heteroatoms. The van der Waals surface area contributed by atoms with Crippen molar-refractivity contribution in [2.24, 2.45) is 0 Å². The summed E-state index contributed by atoms with van der Waals surface area (Å²) < 4.78 is 18.0. The predicted octanol–water partition coefficient (Wildman–Crippen LogP) is 3.27. The lowest BCUT2D eigenvalue weighted by molar-refractivity contribution is -0.112. The summed E-state index contributed by atoms with van der Waals surface area (Å²) in [7, 11) is 0. The molecule has 0 unspecified atom stereocenters. The van der Waals surface area contributed by atoms with E-state index in [1.807, 2.05) is 12.1 Å². The molecule has 0 aliphatic heterocycles. The van der Waals surface area contributed by atoms with Crippen LogP contribution in [-0.4, -0.2) is 12.5 Å². The van der Waals surface area contributed by atoms with Crippen LogP contribution in [0.1, 0.15) is 5.56 Å². The average molecular weight is 321 g/mol. The molecule has 1 amide bonds. The van der Waals surface area contributed by atoms with Gasteiger partial charge in [-0.3, -0.25) is 4.79 Å². The molecule has 2 aromatic carbocycles.